The molecule has 4 aromatic rings. The van der Waals surface area contributed by atoms with Crippen molar-refractivity contribution in [3.05, 3.63) is 95.1 Å². The molecule has 0 aliphatic rings. The van der Waals surface area contributed by atoms with Crippen LogP contribution in [0.5, 0.6) is 11.5 Å². The molecule has 34 heavy (non-hydrogen) atoms. The van der Waals surface area contributed by atoms with Crippen LogP contribution in [0.2, 0.25) is 0 Å². The lowest BCUT2D eigenvalue weighted by Gasteiger charge is -2.26. The van der Waals surface area contributed by atoms with Crippen LogP contribution < -0.4 is 9.47 Å². The summed E-state index contributed by atoms with van der Waals surface area (Å²) in [7, 11) is 0. The van der Waals surface area contributed by atoms with Crippen molar-refractivity contribution in [2.45, 2.75) is 38.9 Å². The van der Waals surface area contributed by atoms with Crippen LogP contribution in [0.25, 0.3) is 10.7 Å². The third-order valence-electron chi connectivity index (χ3n) is 5.38. The maximum Gasteiger partial charge on any atom is 0.348 e. The summed E-state index contributed by atoms with van der Waals surface area (Å²) in [6.07, 6.45) is 4.86. The molecule has 4 rings (SSSR count). The molecule has 0 aliphatic heterocycles. The second-order valence-corrected chi connectivity index (χ2v) is 9.26. The van der Waals surface area contributed by atoms with Gasteiger partial charge in [-0.1, -0.05) is 37.3 Å². The Bertz CT molecular complexity index is 1220. The smallest absolute Gasteiger partial charge is 0.348 e. The minimum Gasteiger partial charge on any atom is -0.488 e. The van der Waals surface area contributed by atoms with E-state index in [1.807, 2.05) is 67.0 Å². The van der Waals surface area contributed by atoms with Crippen LogP contribution in [-0.2, 0) is 24.2 Å². The van der Waals surface area contributed by atoms with Gasteiger partial charge < -0.3 is 14.6 Å². The minimum atomic E-state index is -1.38. The van der Waals surface area contributed by atoms with Gasteiger partial charge in [-0.25, -0.2) is 14.8 Å². The third kappa shape index (κ3) is 5.80. The van der Waals surface area contributed by atoms with Crippen molar-refractivity contribution in [1.82, 2.24) is 9.97 Å². The molecule has 0 bridgehead atoms. The first kappa shape index (κ1) is 23.4. The van der Waals surface area contributed by atoms with E-state index in [-0.39, 0.29) is 6.42 Å². The van der Waals surface area contributed by atoms with Gasteiger partial charge in [-0.2, -0.15) is 0 Å². The molecular weight excluding hydrogens is 448 g/mol. The molecule has 1 N–H and O–H groups in total. The average molecular weight is 475 g/mol. The van der Waals surface area contributed by atoms with E-state index >= 15 is 0 Å². The quantitative estimate of drug-likeness (QED) is 0.312. The lowest BCUT2D eigenvalue weighted by Crippen LogP contribution is -2.43. The molecule has 0 saturated heterocycles. The van der Waals surface area contributed by atoms with Crippen LogP contribution in [0.15, 0.2) is 79.1 Å². The molecule has 6 nitrogen and oxygen atoms in total. The highest BCUT2D eigenvalue weighted by molar-refractivity contribution is 7.15. The van der Waals surface area contributed by atoms with Gasteiger partial charge in [0, 0.05) is 23.7 Å². The molecule has 0 saturated carbocycles. The maximum atomic E-state index is 11.9. The number of carboxylic acid groups (broad SMARTS) is 1. The fraction of sp³-hybridized carbons (Fsp3) is 0.222. The fourth-order valence-electron chi connectivity index (χ4n) is 3.39. The second kappa shape index (κ2) is 10.5. The van der Waals surface area contributed by atoms with Gasteiger partial charge in [-0.15, -0.1) is 11.3 Å². The molecule has 2 aromatic carbocycles. The first-order chi connectivity index (χ1) is 16.4. The van der Waals surface area contributed by atoms with E-state index in [1.165, 1.54) is 0 Å². The Morgan fingerprint density at radius 1 is 0.941 bits per heavy atom. The summed E-state index contributed by atoms with van der Waals surface area (Å²) >= 11 is 1.60. The summed E-state index contributed by atoms with van der Waals surface area (Å²) in [5.41, 5.74) is 0.580. The van der Waals surface area contributed by atoms with Crippen LogP contribution in [0.1, 0.15) is 29.9 Å². The summed E-state index contributed by atoms with van der Waals surface area (Å²) in [4.78, 5) is 22.9. The Balaban J connectivity index is 1.36. The normalized spacial score (nSPS) is 12.6. The molecule has 2 aromatic heterocycles. The van der Waals surface area contributed by atoms with Crippen LogP contribution in [-0.4, -0.2) is 26.6 Å². The number of hydrogen-bond donors (Lipinski definition) is 1. The number of para-hydroxylation sites is 1. The molecule has 1 unspecified atom stereocenters. The number of rotatable bonds is 10. The number of carbonyl (C=O) groups is 1. The van der Waals surface area contributed by atoms with E-state index in [4.69, 9.17) is 9.47 Å². The summed E-state index contributed by atoms with van der Waals surface area (Å²) in [5.74, 6) is 0.938. The van der Waals surface area contributed by atoms with E-state index in [0.29, 0.717) is 18.1 Å². The Kier molecular flexibility index (Phi) is 7.23. The van der Waals surface area contributed by atoms with Crippen molar-refractivity contribution in [2.75, 3.05) is 0 Å². The summed E-state index contributed by atoms with van der Waals surface area (Å²) in [5, 5.41) is 9.77. The molecule has 174 valence electrons. The van der Waals surface area contributed by atoms with Crippen molar-refractivity contribution < 1.29 is 19.4 Å². The lowest BCUT2D eigenvalue weighted by atomic mass is 9.96. The lowest BCUT2D eigenvalue weighted by molar-refractivity contribution is -0.153. The molecule has 2 heterocycles. The predicted octanol–water partition coefficient (Wildman–Crippen LogP) is 5.81. The third-order valence-corrected chi connectivity index (χ3v) is 6.43. The number of benzene rings is 2. The van der Waals surface area contributed by atoms with Crippen molar-refractivity contribution in [1.29, 1.82) is 0 Å². The first-order valence-electron chi connectivity index (χ1n) is 11.0. The molecular formula is C27H26N2O4S. The zero-order valence-corrected chi connectivity index (χ0v) is 19.9. The van der Waals surface area contributed by atoms with Gasteiger partial charge in [0.2, 0.25) is 5.60 Å². The van der Waals surface area contributed by atoms with Gasteiger partial charge in [0.05, 0.1) is 4.88 Å². The predicted molar refractivity (Wildman–Crippen MR) is 132 cm³/mol. The Morgan fingerprint density at radius 2 is 1.65 bits per heavy atom. The largest absolute Gasteiger partial charge is 0.488 e. The number of thiophene rings is 1. The zero-order chi connectivity index (χ0) is 24.0. The topological polar surface area (TPSA) is 81.5 Å². The maximum absolute atomic E-state index is 11.9. The Labute approximate surface area is 202 Å². The molecule has 7 heteroatoms. The number of ether oxygens (including phenoxy) is 2. The summed E-state index contributed by atoms with van der Waals surface area (Å²) in [6, 6.07) is 20.4. The zero-order valence-electron chi connectivity index (χ0n) is 19.1. The van der Waals surface area contributed by atoms with Crippen molar-refractivity contribution >= 4 is 17.3 Å². The number of hydrogen-bond acceptors (Lipinski definition) is 6. The highest BCUT2D eigenvalue weighted by Crippen LogP contribution is 2.27. The van der Waals surface area contributed by atoms with Gasteiger partial charge in [-0.05, 0) is 60.9 Å². The van der Waals surface area contributed by atoms with E-state index in [1.54, 1.807) is 30.4 Å². The molecule has 0 fully saturated rings. The number of carboxylic acids is 1. The van der Waals surface area contributed by atoms with E-state index in [0.717, 1.165) is 33.1 Å². The monoisotopic (exact) mass is 474 g/mol. The summed E-state index contributed by atoms with van der Waals surface area (Å²) in [6.45, 7) is 4.09. The van der Waals surface area contributed by atoms with Crippen molar-refractivity contribution in [3.8, 4) is 22.2 Å². The molecule has 0 radical (unpaired) electrons. The van der Waals surface area contributed by atoms with E-state index in [9.17, 15) is 9.90 Å². The highest BCUT2D eigenvalue weighted by atomic mass is 32.1. The van der Waals surface area contributed by atoms with Crippen molar-refractivity contribution in [2.24, 2.45) is 0 Å². The first-order valence-corrected chi connectivity index (χ1v) is 11.9. The number of aryl methyl sites for hydroxylation is 1. The van der Waals surface area contributed by atoms with Crippen LogP contribution in [0, 0.1) is 0 Å². The van der Waals surface area contributed by atoms with Crippen LogP contribution in [0.3, 0.4) is 0 Å². The molecule has 0 spiro atoms. The van der Waals surface area contributed by atoms with Gasteiger partial charge in [0.25, 0.3) is 0 Å². The van der Waals surface area contributed by atoms with Gasteiger partial charge in [0.1, 0.15) is 18.1 Å². The SMILES string of the molecule is CCc1cnc(-c2ccc(COc3ccc(CC(C)(Oc4ccccc4)C(=O)O)cc3)s2)nc1. The summed E-state index contributed by atoms with van der Waals surface area (Å²) < 4.78 is 11.7. The van der Waals surface area contributed by atoms with E-state index in [2.05, 4.69) is 16.9 Å². The minimum absolute atomic E-state index is 0.225. The van der Waals surface area contributed by atoms with Gasteiger partial charge >= 0.3 is 5.97 Å². The van der Waals surface area contributed by atoms with Crippen molar-refractivity contribution in [3.63, 3.8) is 0 Å². The number of nitrogens with zero attached hydrogens (tertiary/aromatic N) is 2. The fourth-order valence-corrected chi connectivity index (χ4v) is 4.26. The van der Waals surface area contributed by atoms with E-state index < -0.39 is 11.6 Å². The highest BCUT2D eigenvalue weighted by Gasteiger charge is 2.36. The number of aliphatic carboxylic acids is 1. The van der Waals surface area contributed by atoms with Gasteiger partial charge in [-0.3, -0.25) is 0 Å². The van der Waals surface area contributed by atoms with Crippen LogP contribution in [0.4, 0.5) is 0 Å². The second-order valence-electron chi connectivity index (χ2n) is 8.09. The number of aromatic nitrogens is 2. The van der Waals surface area contributed by atoms with Crippen LogP contribution >= 0.6 is 11.3 Å². The Hall–Kier alpha value is -3.71. The molecule has 0 amide bonds. The molecule has 0 aliphatic carbocycles. The van der Waals surface area contributed by atoms with Gasteiger partial charge in [0.15, 0.2) is 5.82 Å². The Morgan fingerprint density at radius 3 is 2.29 bits per heavy atom. The standard InChI is InChI=1S/C27H26N2O4S/c1-3-19-16-28-25(29-17-19)24-14-13-23(34-24)18-32-21-11-9-20(10-12-21)15-27(2,26(30)31)33-22-7-5-4-6-8-22/h4-14,16-17H,3,15,18H2,1-2H3,(H,30,31). The molecule has 1 atom stereocenters. The average Bonchev–Trinajstić information content (AvgIpc) is 3.33.